The highest BCUT2D eigenvalue weighted by Crippen LogP contribution is 2.57. The first-order valence-electron chi connectivity index (χ1n) is 18.9. The van der Waals surface area contributed by atoms with Crippen LogP contribution in [0.4, 0.5) is 17.1 Å². The van der Waals surface area contributed by atoms with Crippen molar-refractivity contribution < 1.29 is 0 Å². The van der Waals surface area contributed by atoms with E-state index in [1.54, 1.807) is 12.4 Å². The van der Waals surface area contributed by atoms with Gasteiger partial charge >= 0.3 is 0 Å². The molecule has 0 unspecified atom stereocenters. The zero-order valence-electron chi connectivity index (χ0n) is 31.0. The van der Waals surface area contributed by atoms with Gasteiger partial charge in [-0.1, -0.05) is 171 Å². The van der Waals surface area contributed by atoms with Gasteiger partial charge in [-0.05, 0) is 92.0 Å². The molecule has 0 spiro atoms. The van der Waals surface area contributed by atoms with Crippen LogP contribution in [0.25, 0.3) is 39.0 Å². The maximum Gasteiger partial charge on any atom is 0.115 e. The SMILES string of the molecule is C=C/C=C(\C=C)c1ccc(N(c2ccc3c(c2)C(c2ccccc2)(c2ccccc2)c2ccccc2-3)c2ccccc2-c2cccc(-c3cncnc3)c2)cc1. The van der Waals surface area contributed by atoms with E-state index in [4.69, 9.17) is 0 Å². The molecule has 266 valence electrons. The van der Waals surface area contributed by atoms with Crippen LogP contribution < -0.4 is 4.90 Å². The maximum absolute atomic E-state index is 4.29. The second-order valence-corrected chi connectivity index (χ2v) is 13.9. The monoisotopic (exact) mass is 717 g/mol. The predicted molar refractivity (Wildman–Crippen MR) is 233 cm³/mol. The van der Waals surface area contributed by atoms with E-state index in [1.165, 1.54) is 33.4 Å². The van der Waals surface area contributed by atoms with Crippen molar-refractivity contribution in [2.75, 3.05) is 4.90 Å². The Morgan fingerprint density at radius 3 is 1.80 bits per heavy atom. The van der Waals surface area contributed by atoms with Crippen LogP contribution in [0.5, 0.6) is 0 Å². The minimum absolute atomic E-state index is 0.528. The van der Waals surface area contributed by atoms with Crippen LogP contribution in [0.2, 0.25) is 0 Å². The minimum Gasteiger partial charge on any atom is -0.310 e. The van der Waals surface area contributed by atoms with E-state index >= 15 is 0 Å². The summed E-state index contributed by atoms with van der Waals surface area (Å²) in [5.41, 5.74) is 16.5. The third-order valence-corrected chi connectivity index (χ3v) is 10.9. The molecule has 1 aliphatic carbocycles. The molecule has 0 bridgehead atoms. The van der Waals surface area contributed by atoms with Crippen LogP contribution in [0.3, 0.4) is 0 Å². The molecule has 1 aromatic heterocycles. The van der Waals surface area contributed by atoms with Gasteiger partial charge in [-0.3, -0.25) is 0 Å². The molecule has 3 heteroatoms. The number of para-hydroxylation sites is 1. The zero-order valence-corrected chi connectivity index (χ0v) is 31.0. The molecule has 1 heterocycles. The van der Waals surface area contributed by atoms with Gasteiger partial charge in [0.05, 0.1) is 11.1 Å². The summed E-state index contributed by atoms with van der Waals surface area (Å²) in [4.78, 5) is 11.0. The Balaban J connectivity index is 1.30. The van der Waals surface area contributed by atoms with Crippen molar-refractivity contribution in [3.8, 4) is 33.4 Å². The fourth-order valence-electron chi connectivity index (χ4n) is 8.44. The summed E-state index contributed by atoms with van der Waals surface area (Å²) in [7, 11) is 0. The highest BCUT2D eigenvalue weighted by atomic mass is 15.1. The molecule has 0 N–H and O–H groups in total. The van der Waals surface area contributed by atoms with Crippen LogP contribution >= 0.6 is 0 Å². The molecule has 8 aromatic rings. The molecule has 9 rings (SSSR count). The highest BCUT2D eigenvalue weighted by molar-refractivity contribution is 5.93. The summed E-state index contributed by atoms with van der Waals surface area (Å²) in [5.74, 6) is 0. The Morgan fingerprint density at radius 1 is 0.500 bits per heavy atom. The topological polar surface area (TPSA) is 29.0 Å². The van der Waals surface area contributed by atoms with Crippen LogP contribution in [0.1, 0.15) is 27.8 Å². The number of hydrogen-bond acceptors (Lipinski definition) is 3. The van der Waals surface area contributed by atoms with E-state index in [0.717, 1.165) is 50.5 Å². The lowest BCUT2D eigenvalue weighted by atomic mass is 9.67. The van der Waals surface area contributed by atoms with E-state index in [0.29, 0.717) is 0 Å². The summed E-state index contributed by atoms with van der Waals surface area (Å²) in [6.45, 7) is 7.98. The standard InChI is InChI=1S/C53H39N3/c1-3-16-38(4-2)39-27-29-45(30-28-39)56(52-26-14-12-23-47(52)41-18-15-17-40(33-41)42-35-54-37-55-36-42)46-31-32-49-48-24-11-13-25-50(48)53(51(49)34-46,43-19-7-5-8-20-43)44-21-9-6-10-22-44/h3-37H,1-2H2/b38-16+. The van der Waals surface area contributed by atoms with Gasteiger partial charge in [-0.15, -0.1) is 0 Å². The molecule has 0 saturated carbocycles. The fourth-order valence-corrected chi connectivity index (χ4v) is 8.44. The van der Waals surface area contributed by atoms with Gasteiger partial charge in [0.2, 0.25) is 0 Å². The first kappa shape index (κ1) is 34.4. The van der Waals surface area contributed by atoms with E-state index in [1.807, 2.05) is 24.5 Å². The fraction of sp³-hybridized carbons (Fsp3) is 0.0189. The number of nitrogens with zero attached hydrogens (tertiary/aromatic N) is 3. The van der Waals surface area contributed by atoms with Crippen molar-refractivity contribution in [1.82, 2.24) is 9.97 Å². The van der Waals surface area contributed by atoms with E-state index in [2.05, 4.69) is 204 Å². The Hall–Kier alpha value is -7.36. The van der Waals surface area contributed by atoms with Crippen molar-refractivity contribution >= 4 is 22.6 Å². The number of allylic oxidation sites excluding steroid dienone is 4. The van der Waals surface area contributed by atoms with Gasteiger partial charge < -0.3 is 4.90 Å². The molecule has 0 aliphatic heterocycles. The third-order valence-electron chi connectivity index (χ3n) is 10.9. The summed E-state index contributed by atoms with van der Waals surface area (Å²) in [6, 6.07) is 63.9. The molecular formula is C53H39N3. The number of anilines is 3. The molecular weight excluding hydrogens is 679 g/mol. The van der Waals surface area contributed by atoms with E-state index < -0.39 is 5.41 Å². The van der Waals surface area contributed by atoms with Gasteiger partial charge in [-0.25, -0.2) is 9.97 Å². The quantitative estimate of drug-likeness (QED) is 0.132. The lowest BCUT2D eigenvalue weighted by Gasteiger charge is -2.35. The molecule has 0 saturated heterocycles. The summed E-state index contributed by atoms with van der Waals surface area (Å²) >= 11 is 0. The van der Waals surface area contributed by atoms with Crippen LogP contribution in [-0.4, -0.2) is 9.97 Å². The molecule has 0 fully saturated rings. The Morgan fingerprint density at radius 2 is 1.11 bits per heavy atom. The molecule has 3 nitrogen and oxygen atoms in total. The molecule has 0 amide bonds. The van der Waals surface area contributed by atoms with Crippen LogP contribution in [-0.2, 0) is 5.41 Å². The van der Waals surface area contributed by atoms with Crippen LogP contribution in [0.15, 0.2) is 226 Å². The molecule has 56 heavy (non-hydrogen) atoms. The average Bonchev–Trinajstić information content (AvgIpc) is 3.57. The molecule has 0 radical (unpaired) electrons. The van der Waals surface area contributed by atoms with Crippen LogP contribution in [0, 0.1) is 0 Å². The number of rotatable bonds is 10. The van der Waals surface area contributed by atoms with Gasteiger partial charge in [0, 0.05) is 34.9 Å². The lowest BCUT2D eigenvalue weighted by molar-refractivity contribution is 0.768. The smallest absolute Gasteiger partial charge is 0.115 e. The van der Waals surface area contributed by atoms with E-state index in [-0.39, 0.29) is 0 Å². The van der Waals surface area contributed by atoms with Crippen molar-refractivity contribution in [3.63, 3.8) is 0 Å². The van der Waals surface area contributed by atoms with Gasteiger partial charge in [-0.2, -0.15) is 0 Å². The first-order chi connectivity index (χ1) is 27.7. The van der Waals surface area contributed by atoms with Crippen molar-refractivity contribution in [3.05, 3.63) is 254 Å². The number of hydrogen-bond donors (Lipinski definition) is 0. The normalized spacial score (nSPS) is 12.7. The molecule has 1 aliphatic rings. The van der Waals surface area contributed by atoms with Crippen molar-refractivity contribution in [2.45, 2.75) is 5.41 Å². The largest absolute Gasteiger partial charge is 0.310 e. The zero-order chi connectivity index (χ0) is 37.9. The number of fused-ring (bicyclic) bond motifs is 3. The van der Waals surface area contributed by atoms with Gasteiger partial charge in [0.1, 0.15) is 6.33 Å². The third kappa shape index (κ3) is 5.87. The Bertz CT molecular complexity index is 2670. The van der Waals surface area contributed by atoms with Crippen molar-refractivity contribution in [1.29, 1.82) is 0 Å². The molecule has 0 atom stereocenters. The first-order valence-corrected chi connectivity index (χ1v) is 18.9. The minimum atomic E-state index is -0.528. The second kappa shape index (κ2) is 14.8. The lowest BCUT2D eigenvalue weighted by Crippen LogP contribution is -2.28. The second-order valence-electron chi connectivity index (χ2n) is 13.9. The highest BCUT2D eigenvalue weighted by Gasteiger charge is 2.46. The van der Waals surface area contributed by atoms with E-state index in [9.17, 15) is 0 Å². The predicted octanol–water partition coefficient (Wildman–Crippen LogP) is 13.4. The Labute approximate surface area is 329 Å². The summed E-state index contributed by atoms with van der Waals surface area (Å²) in [5, 5.41) is 0. The summed E-state index contributed by atoms with van der Waals surface area (Å²) in [6.07, 6.45) is 11.0. The Kier molecular flexibility index (Phi) is 9.10. The number of aromatic nitrogens is 2. The van der Waals surface area contributed by atoms with Gasteiger partial charge in [0.25, 0.3) is 0 Å². The number of benzene rings is 7. The summed E-state index contributed by atoms with van der Waals surface area (Å²) < 4.78 is 0. The maximum atomic E-state index is 4.29. The average molecular weight is 718 g/mol. The molecule has 7 aromatic carbocycles. The van der Waals surface area contributed by atoms with Crippen molar-refractivity contribution in [2.24, 2.45) is 0 Å². The van der Waals surface area contributed by atoms with Gasteiger partial charge in [0.15, 0.2) is 0 Å².